The van der Waals surface area contributed by atoms with Crippen molar-refractivity contribution in [3.63, 3.8) is 0 Å². The van der Waals surface area contributed by atoms with E-state index in [1.807, 2.05) is 6.92 Å². The number of nitrogens with one attached hydrogen (secondary N) is 1. The summed E-state index contributed by atoms with van der Waals surface area (Å²) in [4.78, 5) is 29.4. The summed E-state index contributed by atoms with van der Waals surface area (Å²) < 4.78 is 40.5. The molecule has 10 heteroatoms. The molecule has 1 aromatic carbocycles. The fourth-order valence-corrected chi connectivity index (χ4v) is 4.25. The number of unbranched alkanes of at least 4 members (excludes halogenated alkanes) is 1. The highest BCUT2D eigenvalue weighted by molar-refractivity contribution is 7.99. The molecule has 0 aliphatic rings. The number of alkyl halides is 3. The van der Waals surface area contributed by atoms with E-state index in [9.17, 15) is 22.8 Å². The van der Waals surface area contributed by atoms with E-state index in [1.165, 1.54) is 23.5 Å². The monoisotopic (exact) mass is 441 g/mol. The number of amides is 1. The number of fused-ring (bicyclic) bond motifs is 1. The van der Waals surface area contributed by atoms with Gasteiger partial charge in [-0.3, -0.25) is 14.2 Å². The van der Waals surface area contributed by atoms with Crippen LogP contribution in [0.15, 0.2) is 45.7 Å². The van der Waals surface area contributed by atoms with Crippen LogP contribution in [0.3, 0.4) is 0 Å². The maximum Gasteiger partial charge on any atom is 0.416 e. The molecule has 0 fully saturated rings. The summed E-state index contributed by atoms with van der Waals surface area (Å²) in [5, 5.41) is 4.68. The fraction of sp³-hybridized carbons (Fsp3) is 0.316. The van der Waals surface area contributed by atoms with Crippen LogP contribution in [0, 0.1) is 0 Å². The van der Waals surface area contributed by atoms with Crippen LogP contribution in [0.1, 0.15) is 25.3 Å². The molecule has 0 atom stereocenters. The maximum atomic E-state index is 12.8. The number of thiophene rings is 1. The minimum atomic E-state index is -4.48. The predicted molar refractivity (Wildman–Crippen MR) is 110 cm³/mol. The highest BCUT2D eigenvalue weighted by atomic mass is 32.2. The molecule has 0 saturated heterocycles. The summed E-state index contributed by atoms with van der Waals surface area (Å²) in [7, 11) is 0. The number of thioether (sulfide) groups is 1. The van der Waals surface area contributed by atoms with Crippen LogP contribution in [0.2, 0.25) is 0 Å². The molecule has 5 nitrogen and oxygen atoms in total. The lowest BCUT2D eigenvalue weighted by Gasteiger charge is -2.12. The van der Waals surface area contributed by atoms with Gasteiger partial charge in [-0.25, -0.2) is 4.98 Å². The SMILES string of the molecule is CCCCn1c(SCC(=O)Nc2cccc(C(F)(F)F)c2)nc2ccsc2c1=O. The first kappa shape index (κ1) is 21.4. The van der Waals surface area contributed by atoms with Crippen molar-refractivity contribution in [1.29, 1.82) is 0 Å². The molecule has 3 aromatic rings. The molecule has 3 rings (SSSR count). The third-order valence-electron chi connectivity index (χ3n) is 4.07. The third-order valence-corrected chi connectivity index (χ3v) is 5.94. The quantitative estimate of drug-likeness (QED) is 0.414. The van der Waals surface area contributed by atoms with E-state index in [-0.39, 0.29) is 17.0 Å². The fourth-order valence-electron chi connectivity index (χ4n) is 2.65. The van der Waals surface area contributed by atoms with Gasteiger partial charge in [-0.05, 0) is 36.1 Å². The number of benzene rings is 1. The Balaban J connectivity index is 1.74. The zero-order chi connectivity index (χ0) is 21.0. The lowest BCUT2D eigenvalue weighted by atomic mass is 10.2. The normalized spacial score (nSPS) is 11.7. The van der Waals surface area contributed by atoms with E-state index in [4.69, 9.17) is 0 Å². The number of halogens is 3. The summed E-state index contributed by atoms with van der Waals surface area (Å²) in [6, 6.07) is 6.20. The number of carbonyl (C=O) groups excluding carboxylic acids is 1. The molecule has 2 heterocycles. The van der Waals surface area contributed by atoms with Crippen molar-refractivity contribution in [3.8, 4) is 0 Å². The van der Waals surface area contributed by atoms with Crippen molar-refractivity contribution in [2.75, 3.05) is 11.1 Å². The highest BCUT2D eigenvalue weighted by Crippen LogP contribution is 2.30. The summed E-state index contributed by atoms with van der Waals surface area (Å²) in [5.74, 6) is -0.555. The topological polar surface area (TPSA) is 64.0 Å². The first-order chi connectivity index (χ1) is 13.8. The van der Waals surface area contributed by atoms with Gasteiger partial charge in [0, 0.05) is 12.2 Å². The molecule has 1 N–H and O–H groups in total. The number of aromatic nitrogens is 2. The van der Waals surface area contributed by atoms with Crippen LogP contribution in [-0.2, 0) is 17.5 Å². The molecule has 29 heavy (non-hydrogen) atoms. The molecule has 0 aliphatic heterocycles. The van der Waals surface area contributed by atoms with E-state index < -0.39 is 17.6 Å². The van der Waals surface area contributed by atoms with Crippen LogP contribution in [0.5, 0.6) is 0 Å². The Morgan fingerprint density at radius 3 is 2.83 bits per heavy atom. The molecular weight excluding hydrogens is 423 g/mol. The lowest BCUT2D eigenvalue weighted by Crippen LogP contribution is -2.23. The van der Waals surface area contributed by atoms with Gasteiger partial charge in [0.25, 0.3) is 5.56 Å². The molecule has 0 bridgehead atoms. The highest BCUT2D eigenvalue weighted by Gasteiger charge is 2.30. The smallest absolute Gasteiger partial charge is 0.325 e. The van der Waals surface area contributed by atoms with Crippen LogP contribution in [0.25, 0.3) is 10.2 Å². The number of hydrogen-bond acceptors (Lipinski definition) is 5. The van der Waals surface area contributed by atoms with Gasteiger partial charge >= 0.3 is 6.18 Å². The number of nitrogens with zero attached hydrogens (tertiary/aromatic N) is 2. The molecule has 0 radical (unpaired) electrons. The Bertz CT molecular complexity index is 1080. The van der Waals surface area contributed by atoms with Crippen LogP contribution >= 0.6 is 23.1 Å². The van der Waals surface area contributed by atoms with Gasteiger partial charge in [0.05, 0.1) is 16.8 Å². The zero-order valence-corrected chi connectivity index (χ0v) is 17.1. The lowest BCUT2D eigenvalue weighted by molar-refractivity contribution is -0.137. The van der Waals surface area contributed by atoms with Gasteiger partial charge in [-0.15, -0.1) is 11.3 Å². The predicted octanol–water partition coefficient (Wildman–Crippen LogP) is 5.01. The van der Waals surface area contributed by atoms with E-state index in [0.717, 1.165) is 36.7 Å². The summed E-state index contributed by atoms with van der Waals surface area (Å²) >= 11 is 2.41. The molecule has 0 unspecified atom stereocenters. The summed E-state index contributed by atoms with van der Waals surface area (Å²) in [6.45, 7) is 2.51. The first-order valence-electron chi connectivity index (χ1n) is 8.87. The van der Waals surface area contributed by atoms with Crippen molar-refractivity contribution in [2.24, 2.45) is 0 Å². The molecule has 1 amide bonds. The van der Waals surface area contributed by atoms with Gasteiger partial charge in [0.15, 0.2) is 5.16 Å². The van der Waals surface area contributed by atoms with Gasteiger partial charge < -0.3 is 5.32 Å². The molecular formula is C19H18F3N3O2S2. The Morgan fingerprint density at radius 1 is 1.31 bits per heavy atom. The van der Waals surface area contributed by atoms with Crippen molar-refractivity contribution in [1.82, 2.24) is 9.55 Å². The third kappa shape index (κ3) is 5.18. The van der Waals surface area contributed by atoms with Crippen LogP contribution < -0.4 is 10.9 Å². The summed E-state index contributed by atoms with van der Waals surface area (Å²) in [5.41, 5.74) is -0.330. The number of hydrogen-bond donors (Lipinski definition) is 1. The van der Waals surface area contributed by atoms with Gasteiger partial charge in [-0.1, -0.05) is 31.2 Å². The average Bonchev–Trinajstić information content (AvgIpc) is 3.14. The second-order valence-electron chi connectivity index (χ2n) is 6.26. The number of anilines is 1. The minimum absolute atomic E-state index is 0.0649. The minimum Gasteiger partial charge on any atom is -0.325 e. The Hall–Kier alpha value is -2.33. The van der Waals surface area contributed by atoms with Gasteiger partial charge in [-0.2, -0.15) is 13.2 Å². The van der Waals surface area contributed by atoms with Crippen molar-refractivity contribution < 1.29 is 18.0 Å². The standard InChI is InChI=1S/C19H18F3N3O2S2/c1-2-3-8-25-17(27)16-14(7-9-28-16)24-18(25)29-11-15(26)23-13-6-4-5-12(10-13)19(20,21)22/h4-7,9-10H,2-3,8,11H2,1H3,(H,23,26). The Morgan fingerprint density at radius 2 is 2.10 bits per heavy atom. The van der Waals surface area contributed by atoms with Gasteiger partial charge in [0.1, 0.15) is 4.70 Å². The maximum absolute atomic E-state index is 12.8. The molecule has 0 spiro atoms. The molecule has 154 valence electrons. The summed E-state index contributed by atoms with van der Waals surface area (Å²) in [6.07, 6.45) is -2.79. The second kappa shape index (κ2) is 9.00. The molecule has 0 saturated carbocycles. The molecule has 2 aromatic heterocycles. The number of carbonyl (C=O) groups is 1. The largest absolute Gasteiger partial charge is 0.416 e. The van der Waals surface area contributed by atoms with Crippen molar-refractivity contribution in [2.45, 2.75) is 37.6 Å². The van der Waals surface area contributed by atoms with E-state index in [2.05, 4.69) is 10.3 Å². The first-order valence-corrected chi connectivity index (χ1v) is 10.7. The van der Waals surface area contributed by atoms with Crippen LogP contribution in [0.4, 0.5) is 18.9 Å². The van der Waals surface area contributed by atoms with E-state index in [1.54, 1.807) is 16.0 Å². The van der Waals surface area contributed by atoms with E-state index >= 15 is 0 Å². The van der Waals surface area contributed by atoms with E-state index in [0.29, 0.717) is 21.9 Å². The second-order valence-corrected chi connectivity index (χ2v) is 8.11. The van der Waals surface area contributed by atoms with Crippen LogP contribution in [-0.4, -0.2) is 21.2 Å². The van der Waals surface area contributed by atoms with Gasteiger partial charge in [0.2, 0.25) is 5.91 Å². The Labute approximate surface area is 173 Å². The number of rotatable bonds is 7. The van der Waals surface area contributed by atoms with Crippen molar-refractivity contribution in [3.05, 3.63) is 51.6 Å². The average molecular weight is 442 g/mol. The van der Waals surface area contributed by atoms with Crippen molar-refractivity contribution >= 4 is 44.9 Å². The zero-order valence-electron chi connectivity index (χ0n) is 15.5. The molecule has 0 aliphatic carbocycles. The Kier molecular flexibility index (Phi) is 6.63.